The molecule has 5 rings (SSSR count). The van der Waals surface area contributed by atoms with Gasteiger partial charge < -0.3 is 19.1 Å². The number of aryl methyl sites for hydroxylation is 2. The number of methoxy groups -OCH3 is 1. The number of pyridine rings is 2. The fourth-order valence-electron chi connectivity index (χ4n) is 4.94. The van der Waals surface area contributed by atoms with E-state index < -0.39 is 5.60 Å². The van der Waals surface area contributed by atoms with Crippen molar-refractivity contribution in [2.75, 3.05) is 13.7 Å². The standard InChI is InChI=1S/C27H26ClN3O3.C4H10O/c1-15-18-6-5-11-34-23(18)8-7-19(15)26-20(14-25(32)33-4)16(2)30-27-21(26)13-22(31(27)3)17-9-10-29-24(28)12-17;1-4(2,3)5/h7-10,12-13H,5-6,11,14H2,1-4H3;5H,1-3H3. The molecule has 0 radical (unpaired) electrons. The molecule has 4 aromatic rings. The molecule has 0 aliphatic carbocycles. The molecule has 0 bridgehead atoms. The maximum Gasteiger partial charge on any atom is 0.310 e. The van der Waals surface area contributed by atoms with Crippen molar-refractivity contribution in [1.82, 2.24) is 14.5 Å². The van der Waals surface area contributed by atoms with Crippen LogP contribution in [0.4, 0.5) is 0 Å². The lowest BCUT2D eigenvalue weighted by atomic mass is 9.88. The molecule has 0 unspecified atom stereocenters. The Morgan fingerprint density at radius 3 is 2.59 bits per heavy atom. The molecule has 39 heavy (non-hydrogen) atoms. The molecule has 1 aliphatic rings. The summed E-state index contributed by atoms with van der Waals surface area (Å²) in [5.74, 6) is 0.658. The molecule has 206 valence electrons. The number of ether oxygens (including phenoxy) is 2. The highest BCUT2D eigenvalue weighted by atomic mass is 35.5. The van der Waals surface area contributed by atoms with Crippen molar-refractivity contribution in [3.05, 3.63) is 64.1 Å². The Balaban J connectivity index is 0.000000648. The Labute approximate surface area is 234 Å². The number of carbonyl (C=O) groups excluding carboxylic acids is 1. The summed E-state index contributed by atoms with van der Waals surface area (Å²) in [7, 11) is 3.41. The predicted octanol–water partition coefficient (Wildman–Crippen LogP) is 6.39. The van der Waals surface area contributed by atoms with Gasteiger partial charge in [0.05, 0.1) is 31.4 Å². The lowest BCUT2D eigenvalue weighted by Gasteiger charge is -2.23. The number of esters is 1. The van der Waals surface area contributed by atoms with E-state index in [2.05, 4.69) is 28.6 Å². The van der Waals surface area contributed by atoms with Gasteiger partial charge in [0.2, 0.25) is 0 Å². The van der Waals surface area contributed by atoms with Crippen LogP contribution in [-0.4, -0.2) is 44.9 Å². The molecule has 3 aromatic heterocycles. The quantitative estimate of drug-likeness (QED) is 0.234. The van der Waals surface area contributed by atoms with Gasteiger partial charge >= 0.3 is 5.97 Å². The number of aromatic nitrogens is 3. The van der Waals surface area contributed by atoms with Crippen LogP contribution in [0.1, 0.15) is 49.6 Å². The van der Waals surface area contributed by atoms with Crippen molar-refractivity contribution >= 4 is 28.6 Å². The minimum atomic E-state index is -0.500. The third-order valence-corrected chi connectivity index (χ3v) is 6.91. The van der Waals surface area contributed by atoms with E-state index in [9.17, 15) is 4.79 Å². The second kappa shape index (κ2) is 11.4. The van der Waals surface area contributed by atoms with Crippen LogP contribution in [0, 0.1) is 13.8 Å². The van der Waals surface area contributed by atoms with E-state index >= 15 is 0 Å². The number of fused-ring (bicyclic) bond motifs is 2. The lowest BCUT2D eigenvalue weighted by Crippen LogP contribution is -2.12. The zero-order valence-corrected chi connectivity index (χ0v) is 24.4. The van der Waals surface area contributed by atoms with E-state index in [1.54, 1.807) is 27.0 Å². The Morgan fingerprint density at radius 2 is 1.92 bits per heavy atom. The van der Waals surface area contributed by atoms with Gasteiger partial charge in [-0.2, -0.15) is 0 Å². The molecule has 0 atom stereocenters. The summed E-state index contributed by atoms with van der Waals surface area (Å²) < 4.78 is 13.0. The van der Waals surface area contributed by atoms with E-state index in [1.165, 1.54) is 18.2 Å². The van der Waals surface area contributed by atoms with E-state index in [0.717, 1.165) is 69.9 Å². The van der Waals surface area contributed by atoms with Crippen LogP contribution in [0.25, 0.3) is 33.4 Å². The van der Waals surface area contributed by atoms with E-state index in [0.29, 0.717) is 5.15 Å². The average molecular weight is 550 g/mol. The van der Waals surface area contributed by atoms with Gasteiger partial charge in [0.1, 0.15) is 16.5 Å². The Kier molecular flexibility index (Phi) is 8.33. The first kappa shape index (κ1) is 28.6. The first-order chi connectivity index (χ1) is 18.4. The Morgan fingerprint density at radius 1 is 1.21 bits per heavy atom. The van der Waals surface area contributed by atoms with E-state index in [1.807, 2.05) is 32.2 Å². The van der Waals surface area contributed by atoms with Crippen molar-refractivity contribution in [2.45, 2.75) is 59.5 Å². The lowest BCUT2D eigenvalue weighted by molar-refractivity contribution is -0.139. The van der Waals surface area contributed by atoms with Gasteiger partial charge in [-0.25, -0.2) is 9.97 Å². The zero-order chi connectivity index (χ0) is 28.5. The summed E-state index contributed by atoms with van der Waals surface area (Å²) in [4.78, 5) is 21.4. The summed E-state index contributed by atoms with van der Waals surface area (Å²) in [6, 6.07) is 10.1. The van der Waals surface area contributed by atoms with E-state index in [-0.39, 0.29) is 12.4 Å². The van der Waals surface area contributed by atoms with Gasteiger partial charge in [-0.1, -0.05) is 17.7 Å². The molecule has 0 fully saturated rings. The van der Waals surface area contributed by atoms with Crippen LogP contribution in [0.3, 0.4) is 0 Å². The summed E-state index contributed by atoms with van der Waals surface area (Å²) in [6.07, 6.45) is 3.82. The topological polar surface area (TPSA) is 86.5 Å². The molecule has 7 nitrogen and oxygen atoms in total. The smallest absolute Gasteiger partial charge is 0.310 e. The molecule has 0 spiro atoms. The monoisotopic (exact) mass is 549 g/mol. The maximum atomic E-state index is 12.4. The zero-order valence-electron chi connectivity index (χ0n) is 23.7. The molecule has 8 heteroatoms. The highest BCUT2D eigenvalue weighted by Crippen LogP contribution is 2.42. The SMILES string of the molecule is CC(C)(C)O.COC(=O)Cc1c(C)nc2c(cc(-c3ccnc(Cl)c3)n2C)c1-c1ccc2c(c1C)CCCO2. The van der Waals surface area contributed by atoms with Gasteiger partial charge in [-0.3, -0.25) is 4.79 Å². The highest BCUT2D eigenvalue weighted by molar-refractivity contribution is 6.29. The number of nitrogens with zero attached hydrogens (tertiary/aromatic N) is 3. The van der Waals surface area contributed by atoms with Gasteiger partial charge in [-0.05, 0) is 99.5 Å². The molecule has 0 amide bonds. The minimum absolute atomic E-state index is 0.152. The number of rotatable bonds is 4. The van der Waals surface area contributed by atoms with Crippen LogP contribution in [-0.2, 0) is 29.4 Å². The second-order valence-corrected chi connectivity index (χ2v) is 11.2. The van der Waals surface area contributed by atoms with Crippen LogP contribution < -0.4 is 4.74 Å². The molecule has 0 saturated heterocycles. The molecule has 1 N–H and O–H groups in total. The number of carbonyl (C=O) groups is 1. The van der Waals surface area contributed by atoms with Crippen LogP contribution in [0.15, 0.2) is 36.5 Å². The van der Waals surface area contributed by atoms with Crippen molar-refractivity contribution in [1.29, 1.82) is 0 Å². The van der Waals surface area contributed by atoms with Crippen molar-refractivity contribution in [3.63, 3.8) is 0 Å². The molecule has 4 heterocycles. The summed E-state index contributed by atoms with van der Waals surface area (Å²) >= 11 is 6.19. The van der Waals surface area contributed by atoms with Crippen LogP contribution >= 0.6 is 11.6 Å². The number of halogens is 1. The fourth-order valence-corrected chi connectivity index (χ4v) is 5.11. The van der Waals surface area contributed by atoms with Gasteiger partial charge in [-0.15, -0.1) is 0 Å². The predicted molar refractivity (Wildman–Crippen MR) is 155 cm³/mol. The fraction of sp³-hybridized carbons (Fsp3) is 0.387. The number of benzene rings is 1. The van der Waals surface area contributed by atoms with E-state index in [4.69, 9.17) is 31.2 Å². The van der Waals surface area contributed by atoms with Gasteiger partial charge in [0, 0.05) is 29.9 Å². The third kappa shape index (κ3) is 6.26. The number of hydrogen-bond donors (Lipinski definition) is 1. The number of hydrogen-bond acceptors (Lipinski definition) is 6. The molecule has 1 aliphatic heterocycles. The van der Waals surface area contributed by atoms with Crippen molar-refractivity contribution < 1.29 is 19.4 Å². The molecule has 1 aromatic carbocycles. The molecular formula is C31H36ClN3O4. The first-order valence-corrected chi connectivity index (χ1v) is 13.4. The van der Waals surface area contributed by atoms with Gasteiger partial charge in [0.25, 0.3) is 0 Å². The van der Waals surface area contributed by atoms with Crippen molar-refractivity contribution in [3.8, 4) is 28.1 Å². The Hall–Kier alpha value is -3.42. The second-order valence-electron chi connectivity index (χ2n) is 10.8. The third-order valence-electron chi connectivity index (χ3n) is 6.71. The van der Waals surface area contributed by atoms with Crippen LogP contribution in [0.5, 0.6) is 5.75 Å². The normalized spacial score (nSPS) is 12.8. The van der Waals surface area contributed by atoms with Crippen molar-refractivity contribution in [2.24, 2.45) is 7.05 Å². The minimum Gasteiger partial charge on any atom is -0.493 e. The summed E-state index contributed by atoms with van der Waals surface area (Å²) in [6.45, 7) is 10.1. The first-order valence-electron chi connectivity index (χ1n) is 13.0. The molecule has 0 saturated carbocycles. The maximum absolute atomic E-state index is 12.4. The summed E-state index contributed by atoms with van der Waals surface area (Å²) in [5.41, 5.74) is 8.46. The average Bonchev–Trinajstić information content (AvgIpc) is 3.20. The Bertz CT molecular complexity index is 1530. The summed E-state index contributed by atoms with van der Waals surface area (Å²) in [5, 5.41) is 9.94. The number of aliphatic hydroxyl groups is 1. The van der Waals surface area contributed by atoms with Crippen LogP contribution in [0.2, 0.25) is 5.15 Å². The highest BCUT2D eigenvalue weighted by Gasteiger charge is 2.24. The molecular weight excluding hydrogens is 514 g/mol. The largest absolute Gasteiger partial charge is 0.493 e. The van der Waals surface area contributed by atoms with Gasteiger partial charge in [0.15, 0.2) is 0 Å².